The van der Waals surface area contributed by atoms with Crippen LogP contribution in [0, 0.1) is 17.6 Å². The molecule has 1 amide bonds. The number of nitrogens with zero attached hydrogens (tertiary/aromatic N) is 2. The summed E-state index contributed by atoms with van der Waals surface area (Å²) in [6.45, 7) is 0.192. The van der Waals surface area contributed by atoms with Gasteiger partial charge in [0.25, 0.3) is 0 Å². The molecule has 0 spiro atoms. The van der Waals surface area contributed by atoms with Gasteiger partial charge in [-0.05, 0) is 25.0 Å². The molecule has 10 heteroatoms. The number of sulfonamides is 1. The van der Waals surface area contributed by atoms with Crippen LogP contribution >= 0.6 is 11.3 Å². The summed E-state index contributed by atoms with van der Waals surface area (Å²) in [6, 6.07) is 2.41. The Morgan fingerprint density at radius 1 is 1.31 bits per heavy atom. The lowest BCUT2D eigenvalue weighted by Crippen LogP contribution is -2.36. The van der Waals surface area contributed by atoms with Gasteiger partial charge in [0.05, 0.1) is 12.2 Å². The molecule has 1 N–H and O–H groups in total. The first kappa shape index (κ1) is 17.5. The van der Waals surface area contributed by atoms with E-state index in [-0.39, 0.29) is 24.9 Å². The molecule has 0 bridgehead atoms. The van der Waals surface area contributed by atoms with Crippen LogP contribution in [0.15, 0.2) is 23.1 Å². The molecule has 0 unspecified atom stereocenters. The lowest BCUT2D eigenvalue weighted by atomic mass is 10.2. The Kier molecular flexibility index (Phi) is 4.28. The molecule has 26 heavy (non-hydrogen) atoms. The molecular weight excluding hydrogens is 384 g/mol. The summed E-state index contributed by atoms with van der Waals surface area (Å²) in [6.07, 6.45) is 2.13. The highest BCUT2D eigenvalue weighted by molar-refractivity contribution is 7.89. The Bertz CT molecular complexity index is 987. The van der Waals surface area contributed by atoms with Crippen LogP contribution in [0.4, 0.5) is 13.9 Å². The number of nitrogens with one attached hydrogen (secondary N) is 1. The van der Waals surface area contributed by atoms with Gasteiger partial charge in [-0.3, -0.25) is 4.79 Å². The molecule has 1 aliphatic carbocycles. The average molecular weight is 399 g/mol. The van der Waals surface area contributed by atoms with Crippen LogP contribution in [0.1, 0.15) is 23.4 Å². The Labute approximate surface area is 152 Å². The number of rotatable bonds is 4. The van der Waals surface area contributed by atoms with Crippen LogP contribution < -0.4 is 5.32 Å². The number of anilines is 1. The van der Waals surface area contributed by atoms with Crippen molar-refractivity contribution in [1.82, 2.24) is 9.29 Å². The molecule has 4 rings (SSSR count). The van der Waals surface area contributed by atoms with E-state index < -0.39 is 26.6 Å². The Morgan fingerprint density at radius 2 is 2.08 bits per heavy atom. The lowest BCUT2D eigenvalue weighted by Gasteiger charge is -2.25. The molecule has 1 saturated carbocycles. The van der Waals surface area contributed by atoms with Gasteiger partial charge in [-0.15, -0.1) is 11.3 Å². The van der Waals surface area contributed by atoms with Crippen molar-refractivity contribution in [1.29, 1.82) is 0 Å². The van der Waals surface area contributed by atoms with Crippen LogP contribution in [-0.4, -0.2) is 30.2 Å². The van der Waals surface area contributed by atoms with E-state index in [1.807, 2.05) is 0 Å². The van der Waals surface area contributed by atoms with Gasteiger partial charge in [0, 0.05) is 29.8 Å². The number of hydrogen-bond donors (Lipinski definition) is 1. The van der Waals surface area contributed by atoms with Crippen molar-refractivity contribution in [3.05, 3.63) is 40.4 Å². The predicted octanol–water partition coefficient (Wildman–Crippen LogP) is 2.52. The van der Waals surface area contributed by atoms with Crippen molar-refractivity contribution in [3.63, 3.8) is 0 Å². The standard InChI is InChI=1S/C16H15F2N3O3S2/c17-10-3-4-14(11(18)7-10)26(23,24)21-6-5-12-13(8-21)25-16(19-12)20-15(22)9-1-2-9/h3-4,7,9H,1-2,5-6,8H2,(H,19,20,22). The van der Waals surface area contributed by atoms with Crippen LogP contribution in [0.2, 0.25) is 0 Å². The highest BCUT2D eigenvalue weighted by Gasteiger charge is 2.34. The van der Waals surface area contributed by atoms with Gasteiger partial charge in [-0.2, -0.15) is 4.31 Å². The highest BCUT2D eigenvalue weighted by atomic mass is 32.2. The number of aromatic nitrogens is 1. The van der Waals surface area contributed by atoms with E-state index in [0.29, 0.717) is 22.5 Å². The maximum atomic E-state index is 13.9. The zero-order chi connectivity index (χ0) is 18.5. The Morgan fingerprint density at radius 3 is 2.77 bits per heavy atom. The van der Waals surface area contributed by atoms with Crippen molar-refractivity contribution in [2.45, 2.75) is 30.7 Å². The van der Waals surface area contributed by atoms with E-state index in [2.05, 4.69) is 10.3 Å². The number of halogens is 2. The minimum Gasteiger partial charge on any atom is -0.302 e. The summed E-state index contributed by atoms with van der Waals surface area (Å²) in [5, 5.41) is 3.22. The average Bonchev–Trinajstić information content (AvgIpc) is 3.34. The number of amides is 1. The molecular formula is C16H15F2N3O3S2. The highest BCUT2D eigenvalue weighted by Crippen LogP contribution is 2.34. The third-order valence-electron chi connectivity index (χ3n) is 4.39. The fourth-order valence-electron chi connectivity index (χ4n) is 2.81. The largest absolute Gasteiger partial charge is 0.302 e. The summed E-state index contributed by atoms with van der Waals surface area (Å²) in [5.74, 6) is -1.96. The summed E-state index contributed by atoms with van der Waals surface area (Å²) < 4.78 is 53.5. The normalized spacial score (nSPS) is 17.8. The van der Waals surface area contributed by atoms with Crippen molar-refractivity contribution in [2.75, 3.05) is 11.9 Å². The van der Waals surface area contributed by atoms with Crippen molar-refractivity contribution in [3.8, 4) is 0 Å². The first-order valence-electron chi connectivity index (χ1n) is 8.09. The monoisotopic (exact) mass is 399 g/mol. The molecule has 1 aromatic heterocycles. The molecule has 0 radical (unpaired) electrons. The van der Waals surface area contributed by atoms with E-state index in [0.717, 1.165) is 35.0 Å². The summed E-state index contributed by atoms with van der Waals surface area (Å²) in [5.41, 5.74) is 0.743. The van der Waals surface area contributed by atoms with Crippen LogP contribution in [0.5, 0.6) is 0 Å². The van der Waals surface area contributed by atoms with Crippen molar-refractivity contribution >= 4 is 32.4 Å². The minimum absolute atomic E-state index is 0.0471. The fourth-order valence-corrected chi connectivity index (χ4v) is 5.37. The summed E-state index contributed by atoms with van der Waals surface area (Å²) in [4.78, 5) is 16.4. The third kappa shape index (κ3) is 3.24. The molecule has 2 aliphatic rings. The second kappa shape index (κ2) is 6.36. The van der Waals surface area contributed by atoms with Crippen molar-refractivity contribution < 1.29 is 22.0 Å². The van der Waals surface area contributed by atoms with Crippen molar-refractivity contribution in [2.24, 2.45) is 5.92 Å². The molecule has 6 nitrogen and oxygen atoms in total. The summed E-state index contributed by atoms with van der Waals surface area (Å²) in [7, 11) is -4.09. The van der Waals surface area contributed by atoms with Crippen LogP contribution in [0.3, 0.4) is 0 Å². The second-order valence-electron chi connectivity index (χ2n) is 6.32. The maximum Gasteiger partial charge on any atom is 0.246 e. The van der Waals surface area contributed by atoms with Gasteiger partial charge in [0.15, 0.2) is 5.13 Å². The van der Waals surface area contributed by atoms with Crippen LogP contribution in [-0.2, 0) is 27.8 Å². The molecule has 1 aliphatic heterocycles. The number of benzene rings is 1. The SMILES string of the molecule is O=C(Nc1nc2c(s1)CN(S(=O)(=O)c1ccc(F)cc1F)CC2)C1CC1. The predicted molar refractivity (Wildman–Crippen MR) is 91.1 cm³/mol. The van der Waals surface area contributed by atoms with Gasteiger partial charge in [0.1, 0.15) is 16.5 Å². The topological polar surface area (TPSA) is 79.4 Å². The Hall–Kier alpha value is -1.91. The quantitative estimate of drug-likeness (QED) is 0.857. The first-order chi connectivity index (χ1) is 12.3. The lowest BCUT2D eigenvalue weighted by molar-refractivity contribution is -0.117. The van der Waals surface area contributed by atoms with E-state index >= 15 is 0 Å². The molecule has 2 heterocycles. The van der Waals surface area contributed by atoms with E-state index in [1.165, 1.54) is 11.3 Å². The smallest absolute Gasteiger partial charge is 0.246 e. The molecule has 0 atom stereocenters. The maximum absolute atomic E-state index is 13.9. The molecule has 138 valence electrons. The number of thiazole rings is 1. The third-order valence-corrected chi connectivity index (χ3v) is 7.26. The number of fused-ring (bicyclic) bond motifs is 1. The van der Waals surface area contributed by atoms with Gasteiger partial charge in [-0.25, -0.2) is 22.2 Å². The van der Waals surface area contributed by atoms with Gasteiger partial charge < -0.3 is 5.32 Å². The Balaban J connectivity index is 1.55. The van der Waals surface area contributed by atoms with Crippen LogP contribution in [0.25, 0.3) is 0 Å². The zero-order valence-electron chi connectivity index (χ0n) is 13.5. The minimum atomic E-state index is -4.09. The molecule has 0 saturated heterocycles. The van der Waals surface area contributed by atoms with E-state index in [4.69, 9.17) is 0 Å². The van der Waals surface area contributed by atoms with Gasteiger partial charge >= 0.3 is 0 Å². The molecule has 1 aromatic carbocycles. The van der Waals surface area contributed by atoms with E-state index in [1.54, 1.807) is 0 Å². The summed E-state index contributed by atoms with van der Waals surface area (Å²) >= 11 is 1.23. The number of carbonyl (C=O) groups excluding carboxylic acids is 1. The zero-order valence-corrected chi connectivity index (χ0v) is 15.2. The number of carbonyl (C=O) groups is 1. The number of hydrogen-bond acceptors (Lipinski definition) is 5. The van der Waals surface area contributed by atoms with Gasteiger partial charge in [-0.1, -0.05) is 0 Å². The molecule has 1 fully saturated rings. The molecule has 2 aromatic rings. The fraction of sp³-hybridized carbons (Fsp3) is 0.375. The van der Waals surface area contributed by atoms with E-state index in [9.17, 15) is 22.0 Å². The second-order valence-corrected chi connectivity index (χ2v) is 9.31. The first-order valence-corrected chi connectivity index (χ1v) is 10.3. The van der Waals surface area contributed by atoms with Gasteiger partial charge in [0.2, 0.25) is 15.9 Å².